The highest BCUT2D eigenvalue weighted by Crippen LogP contribution is 2.57. The molecule has 0 bridgehead atoms. The van der Waals surface area contributed by atoms with Crippen LogP contribution in [0.25, 0.3) is 94.9 Å². The van der Waals surface area contributed by atoms with Gasteiger partial charge in [-0.15, -0.1) is 34.0 Å². The van der Waals surface area contributed by atoms with E-state index in [2.05, 4.69) is 149 Å². The normalized spacial score (nSPS) is 12.4. The van der Waals surface area contributed by atoms with Crippen molar-refractivity contribution in [3.63, 3.8) is 0 Å². The first kappa shape index (κ1) is 71.7. The topological polar surface area (TPSA) is 0 Å². The van der Waals surface area contributed by atoms with Crippen molar-refractivity contribution in [3.05, 3.63) is 103 Å². The molecule has 10 aromatic rings. The quantitative estimate of drug-likeness (QED) is 0.0264. The highest BCUT2D eigenvalue weighted by molar-refractivity contribution is 7.20. The van der Waals surface area contributed by atoms with Crippen molar-refractivity contribution in [3.8, 4) is 0 Å². The van der Waals surface area contributed by atoms with E-state index in [9.17, 15) is 0 Å². The van der Waals surface area contributed by atoms with E-state index in [0.29, 0.717) is 0 Å². The van der Waals surface area contributed by atoms with Gasteiger partial charge in [-0.25, -0.2) is 0 Å². The van der Waals surface area contributed by atoms with Gasteiger partial charge in [0.25, 0.3) is 0 Å². The summed E-state index contributed by atoms with van der Waals surface area (Å²) in [6.07, 6.45) is 57.8. The van der Waals surface area contributed by atoms with E-state index in [4.69, 9.17) is 0 Å². The molecule has 3 heterocycles. The highest BCUT2D eigenvalue weighted by Gasteiger charge is 2.30. The van der Waals surface area contributed by atoms with Gasteiger partial charge in [-0.2, -0.15) is 0 Å². The zero-order valence-corrected chi connectivity index (χ0v) is 63.2. The van der Waals surface area contributed by atoms with Crippen LogP contribution in [0.3, 0.4) is 0 Å². The van der Waals surface area contributed by atoms with E-state index in [1.54, 1.807) is 145 Å². The molecule has 3 aromatic heterocycles. The van der Waals surface area contributed by atoms with Crippen LogP contribution < -0.4 is 0 Å². The molecule has 0 saturated carbocycles. The van der Waals surface area contributed by atoms with Crippen LogP contribution in [-0.2, 0) is 57.8 Å². The summed E-state index contributed by atoms with van der Waals surface area (Å²) in [6.45, 7) is 21.6. The smallest absolute Gasteiger partial charge is 0.0434 e. The van der Waals surface area contributed by atoms with Gasteiger partial charge in [0.15, 0.2) is 0 Å². The maximum atomic E-state index is 2.91. The van der Waals surface area contributed by atoms with Gasteiger partial charge in [0, 0.05) is 62.6 Å². The van der Waals surface area contributed by atoms with Gasteiger partial charge in [-0.05, 0) is 232 Å². The molecule has 0 aliphatic heterocycles. The summed E-state index contributed by atoms with van der Waals surface area (Å²) < 4.78 is 4.67. The lowest BCUT2D eigenvalue weighted by atomic mass is 9.78. The molecule has 0 nitrogen and oxygen atoms in total. The summed E-state index contributed by atoms with van der Waals surface area (Å²) in [5.41, 5.74) is 15.5. The Hall–Kier alpha value is -4.02. The second-order valence-electron chi connectivity index (χ2n) is 29.3. The number of unbranched alkanes of at least 4 members (excludes halogenated alkanes) is 27. The van der Waals surface area contributed by atoms with E-state index in [1.807, 2.05) is 0 Å². The molecular weight excluding hydrogens is 1180 g/mol. The average molecular weight is 1300 g/mol. The van der Waals surface area contributed by atoms with Crippen molar-refractivity contribution in [2.45, 2.75) is 351 Å². The molecule has 0 N–H and O–H groups in total. The standard InChI is InChI=1S/C90H126S3/c1-10-19-28-37-46-64-61-76-79(70(52-43-34-25-16-7)67(64)49-40-31-22-13-4)73-55-58-91-88(73)85-82(76)86-84(77-62-65(47-38-29-20-11-2)68(50-41-32-23-14-5)71(53-44-35-26-17-8)80(77)74-56-59-92-89(74)86)87-83(85)78-63-66(48-39-30-21-12-3)69(51-42-33-24-15-6)72(54-45-36-27-18-9)81(78)75-57-60-93-90(75)87/h55-63H,10-54H2,1-9H3. The first-order valence-electron chi connectivity index (χ1n) is 40.0. The summed E-state index contributed by atoms with van der Waals surface area (Å²) in [6, 6.07) is 16.6. The largest absolute Gasteiger partial charge is 0.143 e. The van der Waals surface area contributed by atoms with Crippen LogP contribution in [0, 0.1) is 0 Å². The highest BCUT2D eigenvalue weighted by atomic mass is 32.1. The van der Waals surface area contributed by atoms with E-state index >= 15 is 0 Å². The third-order valence-corrected chi connectivity index (χ3v) is 25.1. The van der Waals surface area contributed by atoms with Gasteiger partial charge in [0.2, 0.25) is 0 Å². The number of thiophene rings is 3. The fourth-order valence-corrected chi connectivity index (χ4v) is 20.3. The van der Waals surface area contributed by atoms with Gasteiger partial charge >= 0.3 is 0 Å². The molecule has 10 rings (SSSR count). The van der Waals surface area contributed by atoms with Crippen LogP contribution in [-0.4, -0.2) is 0 Å². The number of hydrogen-bond acceptors (Lipinski definition) is 3. The molecule has 7 aromatic carbocycles. The summed E-state index contributed by atoms with van der Waals surface area (Å²) in [7, 11) is 0. The number of rotatable bonds is 45. The van der Waals surface area contributed by atoms with Gasteiger partial charge < -0.3 is 0 Å². The van der Waals surface area contributed by atoms with Crippen LogP contribution in [0.5, 0.6) is 0 Å². The van der Waals surface area contributed by atoms with Crippen molar-refractivity contribution < 1.29 is 0 Å². The molecule has 0 atom stereocenters. The van der Waals surface area contributed by atoms with Crippen LogP contribution >= 0.6 is 34.0 Å². The maximum absolute atomic E-state index is 2.91. The Balaban J connectivity index is 1.50. The minimum Gasteiger partial charge on any atom is -0.143 e. The number of fused-ring (bicyclic) bond motifs is 21. The van der Waals surface area contributed by atoms with Gasteiger partial charge in [-0.1, -0.05) is 254 Å². The number of benzene rings is 7. The lowest BCUT2D eigenvalue weighted by Crippen LogP contribution is -2.06. The maximum Gasteiger partial charge on any atom is 0.0434 e. The second-order valence-corrected chi connectivity index (χ2v) is 32.0. The number of aryl methyl sites for hydroxylation is 6. The average Bonchev–Trinajstić information content (AvgIpc) is 1.65. The number of hydrogen-bond donors (Lipinski definition) is 0. The minimum absolute atomic E-state index is 1.19. The first-order chi connectivity index (χ1) is 45.9. The van der Waals surface area contributed by atoms with Crippen molar-refractivity contribution in [2.75, 3.05) is 0 Å². The molecule has 0 amide bonds. The van der Waals surface area contributed by atoms with E-state index in [1.165, 1.54) is 289 Å². The van der Waals surface area contributed by atoms with Crippen LogP contribution in [0.15, 0.2) is 52.5 Å². The lowest BCUT2D eigenvalue weighted by Gasteiger charge is -2.26. The summed E-state index contributed by atoms with van der Waals surface area (Å²) in [5, 5.41) is 31.5. The zero-order valence-electron chi connectivity index (χ0n) is 60.7. The summed E-state index contributed by atoms with van der Waals surface area (Å²) >= 11 is 6.28. The van der Waals surface area contributed by atoms with Crippen molar-refractivity contribution in [1.29, 1.82) is 0 Å². The monoisotopic (exact) mass is 1300 g/mol. The molecule has 93 heavy (non-hydrogen) atoms. The third-order valence-electron chi connectivity index (χ3n) is 22.3. The van der Waals surface area contributed by atoms with Gasteiger partial charge in [-0.3, -0.25) is 0 Å². The zero-order chi connectivity index (χ0) is 64.9. The molecule has 0 radical (unpaired) electrons. The SMILES string of the molecule is CCCCCCc1cc2c(c(CCCCCC)c1CCCCCC)c1ccsc1c1c2c2c3sccc3c3c(CCCCCC)c(CCCCCC)c(CCCCCC)cc3c2c2c3sccc3c3c(CCCCCC)c(CCCCCC)c(CCCCCC)cc3c12. The Morgan fingerprint density at radius 2 is 0.398 bits per heavy atom. The Kier molecular flexibility index (Phi) is 28.6. The minimum atomic E-state index is 1.19. The third kappa shape index (κ3) is 16.3. The molecule has 0 spiro atoms. The predicted molar refractivity (Wildman–Crippen MR) is 428 cm³/mol. The van der Waals surface area contributed by atoms with Crippen LogP contribution in [0.2, 0.25) is 0 Å². The Bertz CT molecular complexity index is 3540. The second kappa shape index (κ2) is 37.1. The summed E-state index contributed by atoms with van der Waals surface area (Å²) in [4.78, 5) is 0. The molecule has 0 aliphatic rings. The lowest BCUT2D eigenvalue weighted by molar-refractivity contribution is 0.641. The molecular formula is C90H126S3. The predicted octanol–water partition coefficient (Wildman–Crippen LogP) is 31.4. The van der Waals surface area contributed by atoms with Crippen LogP contribution in [0.1, 0.15) is 344 Å². The molecule has 0 aliphatic carbocycles. The Morgan fingerprint density at radius 3 is 0.613 bits per heavy atom. The van der Waals surface area contributed by atoms with Gasteiger partial charge in [0.1, 0.15) is 0 Å². The molecule has 504 valence electrons. The first-order valence-corrected chi connectivity index (χ1v) is 42.6. The molecule has 0 unspecified atom stereocenters. The summed E-state index contributed by atoms with van der Waals surface area (Å²) in [5.74, 6) is 0. The molecule has 0 saturated heterocycles. The Morgan fingerprint density at radius 1 is 0.194 bits per heavy atom. The van der Waals surface area contributed by atoms with E-state index in [-0.39, 0.29) is 0 Å². The van der Waals surface area contributed by atoms with Crippen LogP contribution in [0.4, 0.5) is 0 Å². The Labute approximate surface area is 578 Å². The van der Waals surface area contributed by atoms with Gasteiger partial charge in [0.05, 0.1) is 0 Å². The van der Waals surface area contributed by atoms with Crippen molar-refractivity contribution in [2.24, 2.45) is 0 Å². The van der Waals surface area contributed by atoms with E-state index < -0.39 is 0 Å². The fourth-order valence-electron chi connectivity index (χ4n) is 17.4. The molecule has 0 fully saturated rings. The van der Waals surface area contributed by atoms with Crippen molar-refractivity contribution >= 4 is 129 Å². The fraction of sp³-hybridized carbons (Fsp3) is 0.600. The van der Waals surface area contributed by atoms with Crippen molar-refractivity contribution in [1.82, 2.24) is 0 Å². The molecule has 3 heteroatoms. The van der Waals surface area contributed by atoms with E-state index in [0.717, 1.165) is 0 Å².